The van der Waals surface area contributed by atoms with Crippen molar-refractivity contribution in [2.75, 3.05) is 13.2 Å². The molecule has 0 fully saturated rings. The van der Waals surface area contributed by atoms with Gasteiger partial charge in [-0.2, -0.15) is 0 Å². The Hall–Kier alpha value is -0.0600. The summed E-state index contributed by atoms with van der Waals surface area (Å²) in [5.41, 5.74) is 1.09. The topological polar surface area (TPSA) is 60.7 Å². The summed E-state index contributed by atoms with van der Waals surface area (Å²) in [4.78, 5) is 0. The van der Waals surface area contributed by atoms with Crippen LogP contribution in [0.25, 0.3) is 0 Å². The van der Waals surface area contributed by atoms with E-state index in [1.54, 1.807) is 6.07 Å². The molecule has 112 valence electrons. The van der Waals surface area contributed by atoms with Crippen LogP contribution in [0.5, 0.6) is 5.75 Å². The first kappa shape index (κ1) is 22.2. The average Bonchev–Trinajstić information content (AvgIpc) is 2.45. The average molecular weight is 292 g/mol. The molecule has 0 saturated heterocycles. The summed E-state index contributed by atoms with van der Waals surface area (Å²) in [6.07, 6.45) is 8.85. The summed E-state index contributed by atoms with van der Waals surface area (Å²) in [5, 5.41) is 24.8. The molecule has 0 heterocycles. The van der Waals surface area contributed by atoms with Gasteiger partial charge in [-0.15, -0.1) is 0 Å². The fourth-order valence-electron chi connectivity index (χ4n) is 1.82. The van der Waals surface area contributed by atoms with Crippen LogP contribution in [0.1, 0.15) is 51.0 Å². The molecular weight excluding hydrogens is 263 g/mol. The summed E-state index contributed by atoms with van der Waals surface area (Å²) < 4.78 is 0. The van der Waals surface area contributed by atoms with Gasteiger partial charge in [0.2, 0.25) is 0 Å². The summed E-state index contributed by atoms with van der Waals surface area (Å²) in [6, 6.07) is 7.65. The van der Waals surface area contributed by atoms with E-state index >= 15 is 0 Å². The van der Waals surface area contributed by atoms with E-state index in [9.17, 15) is 5.11 Å². The molecule has 0 aliphatic rings. The van der Waals surface area contributed by atoms with E-state index in [4.69, 9.17) is 10.2 Å². The van der Waals surface area contributed by atoms with Crippen molar-refractivity contribution in [1.29, 1.82) is 0 Å². The Morgan fingerprint density at radius 1 is 0.850 bits per heavy atom. The number of aliphatic hydroxyl groups excluding tert-OH is 2. The Morgan fingerprint density at radius 2 is 1.40 bits per heavy atom. The summed E-state index contributed by atoms with van der Waals surface area (Å²) in [5.74, 6) is 0.450. The van der Waals surface area contributed by atoms with E-state index in [1.807, 2.05) is 18.2 Å². The molecular formula is C16H29NaO3. The molecule has 0 saturated carbocycles. The van der Waals surface area contributed by atoms with Crippen molar-refractivity contribution in [3.63, 3.8) is 0 Å². The van der Waals surface area contributed by atoms with Crippen LogP contribution in [0.15, 0.2) is 24.3 Å². The number of aryl methyl sites for hydroxylation is 1. The molecule has 1 aromatic carbocycles. The maximum atomic E-state index is 9.55. The Kier molecular flexibility index (Phi) is 18.9. The molecule has 0 bridgehead atoms. The predicted molar refractivity (Wildman–Crippen MR) is 86.5 cm³/mol. The number of hydrogen-bond acceptors (Lipinski definition) is 3. The van der Waals surface area contributed by atoms with Crippen LogP contribution in [0.4, 0.5) is 0 Å². The molecule has 20 heavy (non-hydrogen) atoms. The second-order valence-electron chi connectivity index (χ2n) is 4.59. The molecule has 0 amide bonds. The van der Waals surface area contributed by atoms with Gasteiger partial charge in [-0.05, 0) is 24.5 Å². The molecule has 0 atom stereocenters. The predicted octanol–water partition coefficient (Wildman–Crippen LogP) is 2.62. The molecule has 0 aliphatic carbocycles. The Morgan fingerprint density at radius 3 is 1.95 bits per heavy atom. The van der Waals surface area contributed by atoms with Gasteiger partial charge in [-0.1, -0.05) is 57.2 Å². The zero-order chi connectivity index (χ0) is 14.3. The van der Waals surface area contributed by atoms with Gasteiger partial charge in [0.25, 0.3) is 0 Å². The molecule has 0 spiro atoms. The quantitative estimate of drug-likeness (QED) is 0.510. The summed E-state index contributed by atoms with van der Waals surface area (Å²) in [6.45, 7) is 1.99. The number of aliphatic hydroxyl groups is 2. The molecule has 0 aromatic heterocycles. The number of aromatic hydroxyl groups is 1. The van der Waals surface area contributed by atoms with Crippen LogP contribution in [-0.4, -0.2) is 58.1 Å². The van der Waals surface area contributed by atoms with Crippen molar-refractivity contribution in [2.24, 2.45) is 0 Å². The third-order valence-electron chi connectivity index (χ3n) is 2.89. The molecule has 3 nitrogen and oxygen atoms in total. The monoisotopic (exact) mass is 292 g/mol. The standard InChI is InChI=1S/C14H22O.C2H6O2.Na.H/c1-2-3-4-5-6-7-10-13-11-8-9-12-14(13)15;3-1-2-4;;/h8-9,11-12,15H,2-7,10H2,1H3;3-4H,1-2H2;;. The Labute approximate surface area is 145 Å². The first-order valence-corrected chi connectivity index (χ1v) is 7.24. The number of hydrogen-bond donors (Lipinski definition) is 3. The number of benzene rings is 1. The molecule has 0 aliphatic heterocycles. The molecule has 1 aromatic rings. The van der Waals surface area contributed by atoms with Gasteiger partial charge in [0.1, 0.15) is 5.75 Å². The maximum absolute atomic E-state index is 9.55. The van der Waals surface area contributed by atoms with E-state index in [2.05, 4.69) is 6.92 Å². The van der Waals surface area contributed by atoms with E-state index in [-0.39, 0.29) is 42.8 Å². The van der Waals surface area contributed by atoms with Crippen molar-refractivity contribution in [3.05, 3.63) is 29.8 Å². The Bertz CT molecular complexity index is 304. The molecule has 0 unspecified atom stereocenters. The van der Waals surface area contributed by atoms with E-state index < -0.39 is 0 Å². The second kappa shape index (κ2) is 17.0. The van der Waals surface area contributed by atoms with E-state index in [1.165, 1.54) is 38.5 Å². The molecule has 1 rings (SSSR count). The number of phenolic OH excluding ortho intramolecular Hbond substituents is 1. The van der Waals surface area contributed by atoms with Gasteiger partial charge in [0.05, 0.1) is 13.2 Å². The first-order valence-electron chi connectivity index (χ1n) is 7.24. The van der Waals surface area contributed by atoms with Crippen molar-refractivity contribution >= 4 is 29.6 Å². The van der Waals surface area contributed by atoms with Crippen LogP contribution >= 0.6 is 0 Å². The number of para-hydroxylation sites is 1. The van der Waals surface area contributed by atoms with Crippen LogP contribution in [0.3, 0.4) is 0 Å². The van der Waals surface area contributed by atoms with Crippen LogP contribution in [-0.2, 0) is 6.42 Å². The van der Waals surface area contributed by atoms with Gasteiger partial charge in [-0.25, -0.2) is 0 Å². The van der Waals surface area contributed by atoms with E-state index in [0.29, 0.717) is 5.75 Å². The Balaban J connectivity index is 0. The van der Waals surface area contributed by atoms with Gasteiger partial charge >= 0.3 is 29.6 Å². The summed E-state index contributed by atoms with van der Waals surface area (Å²) in [7, 11) is 0. The SMILES string of the molecule is CCCCCCCCc1ccccc1O.OCCO.[NaH]. The van der Waals surface area contributed by atoms with Crippen LogP contribution < -0.4 is 0 Å². The second-order valence-corrected chi connectivity index (χ2v) is 4.59. The van der Waals surface area contributed by atoms with Gasteiger partial charge < -0.3 is 15.3 Å². The van der Waals surface area contributed by atoms with Gasteiger partial charge in [0.15, 0.2) is 0 Å². The minimum absolute atomic E-state index is 0. The third-order valence-corrected chi connectivity index (χ3v) is 2.89. The normalized spacial score (nSPS) is 9.35. The van der Waals surface area contributed by atoms with E-state index in [0.717, 1.165) is 12.0 Å². The fraction of sp³-hybridized carbons (Fsp3) is 0.625. The molecule has 0 radical (unpaired) electrons. The number of phenols is 1. The van der Waals surface area contributed by atoms with Crippen LogP contribution in [0.2, 0.25) is 0 Å². The molecule has 4 heteroatoms. The van der Waals surface area contributed by atoms with Crippen LogP contribution in [0, 0.1) is 0 Å². The van der Waals surface area contributed by atoms with Crippen molar-refractivity contribution in [3.8, 4) is 5.75 Å². The number of unbranched alkanes of at least 4 members (excludes halogenated alkanes) is 5. The zero-order valence-corrected chi connectivity index (χ0v) is 12.0. The minimum atomic E-state index is -0.125. The fourth-order valence-corrected chi connectivity index (χ4v) is 1.82. The van der Waals surface area contributed by atoms with Crippen molar-refractivity contribution < 1.29 is 15.3 Å². The van der Waals surface area contributed by atoms with Gasteiger partial charge in [-0.3, -0.25) is 0 Å². The third kappa shape index (κ3) is 12.9. The van der Waals surface area contributed by atoms with Crippen molar-refractivity contribution in [2.45, 2.75) is 51.9 Å². The van der Waals surface area contributed by atoms with Crippen molar-refractivity contribution in [1.82, 2.24) is 0 Å². The molecule has 3 N–H and O–H groups in total. The van der Waals surface area contributed by atoms with Gasteiger partial charge in [0, 0.05) is 0 Å². The zero-order valence-electron chi connectivity index (χ0n) is 12.0. The first-order chi connectivity index (χ1) is 9.26. The summed E-state index contributed by atoms with van der Waals surface area (Å²) >= 11 is 0. The number of rotatable bonds is 8.